The van der Waals surface area contributed by atoms with Crippen LogP contribution in [0.1, 0.15) is 213 Å². The van der Waals surface area contributed by atoms with Gasteiger partial charge in [-0.2, -0.15) is 0 Å². The van der Waals surface area contributed by atoms with Crippen molar-refractivity contribution in [3.63, 3.8) is 0 Å². The average molecular weight is 1050 g/mol. The number of phosphoric acid groups is 1. The number of phosphoric ester groups is 1. The van der Waals surface area contributed by atoms with Crippen LogP contribution in [0.4, 0.5) is 0 Å². The average Bonchev–Trinajstić information content (AvgIpc) is 3.39. The number of aliphatic hydroxyl groups is 1. The molecule has 0 aromatic rings. The second-order valence-corrected chi connectivity index (χ2v) is 19.8. The molecule has 0 bridgehead atoms. The van der Waals surface area contributed by atoms with Gasteiger partial charge >= 0.3 is 25.7 Å². The number of unbranched alkanes of at least 4 members (excludes halogenated alkanes) is 14. The number of hydrogen-bond donors (Lipinski definition) is 2. The Morgan fingerprint density at radius 2 is 0.730 bits per heavy atom. The van der Waals surface area contributed by atoms with E-state index in [1.807, 2.05) is 12.2 Å². The third-order valence-corrected chi connectivity index (χ3v) is 12.3. The predicted molar refractivity (Wildman–Crippen MR) is 306 cm³/mol. The van der Waals surface area contributed by atoms with Gasteiger partial charge in [0.15, 0.2) is 6.10 Å². The van der Waals surface area contributed by atoms with Gasteiger partial charge in [0.05, 0.1) is 19.8 Å². The number of aliphatic hydroxyl groups excluding tert-OH is 1. The first-order valence-corrected chi connectivity index (χ1v) is 29.9. The zero-order valence-electron chi connectivity index (χ0n) is 46.3. The minimum atomic E-state index is -4.78. The van der Waals surface area contributed by atoms with Gasteiger partial charge in [-0.15, -0.1) is 0 Å². The smallest absolute Gasteiger partial charge is 0.462 e. The Balaban J connectivity index is 4.90. The molecule has 0 amide bonds. The summed E-state index contributed by atoms with van der Waals surface area (Å²) in [5, 5.41) is 9.79. The molecule has 74 heavy (non-hydrogen) atoms. The van der Waals surface area contributed by atoms with E-state index in [2.05, 4.69) is 130 Å². The molecule has 2 N–H and O–H groups in total. The third kappa shape index (κ3) is 52.7. The van der Waals surface area contributed by atoms with Crippen molar-refractivity contribution < 1.29 is 52.2 Å². The van der Waals surface area contributed by atoms with Gasteiger partial charge in [0.25, 0.3) is 0 Å². The number of allylic oxidation sites excluding steroid dienone is 20. The van der Waals surface area contributed by atoms with E-state index in [0.29, 0.717) is 25.7 Å². The van der Waals surface area contributed by atoms with E-state index in [1.165, 1.54) is 38.5 Å². The van der Waals surface area contributed by atoms with Crippen LogP contribution in [0.3, 0.4) is 0 Å². The maximum Gasteiger partial charge on any atom is 0.472 e. The third-order valence-electron chi connectivity index (χ3n) is 11.4. The Labute approximate surface area is 449 Å². The first kappa shape index (κ1) is 69.9. The van der Waals surface area contributed by atoms with Crippen LogP contribution in [0.2, 0.25) is 0 Å². The van der Waals surface area contributed by atoms with Crippen molar-refractivity contribution in [3.8, 4) is 0 Å². The summed E-state index contributed by atoms with van der Waals surface area (Å²) in [4.78, 5) is 48.5. The molecule has 0 fully saturated rings. The van der Waals surface area contributed by atoms with Crippen LogP contribution < -0.4 is 0 Å². The highest BCUT2D eigenvalue weighted by atomic mass is 31.2. The monoisotopic (exact) mass is 1050 g/mol. The maximum absolute atomic E-state index is 12.9. The lowest BCUT2D eigenvalue weighted by molar-refractivity contribution is -0.161. The Morgan fingerprint density at radius 3 is 1.19 bits per heavy atom. The van der Waals surface area contributed by atoms with Crippen molar-refractivity contribution in [2.45, 2.75) is 226 Å². The van der Waals surface area contributed by atoms with E-state index < -0.39 is 57.8 Å². The number of ether oxygens (including phenoxy) is 3. The number of carbonyl (C=O) groups excluding carboxylic acids is 3. The van der Waals surface area contributed by atoms with Crippen molar-refractivity contribution in [1.82, 2.24) is 0 Å². The van der Waals surface area contributed by atoms with E-state index in [9.17, 15) is 28.9 Å². The van der Waals surface area contributed by atoms with Crippen LogP contribution in [0.5, 0.6) is 0 Å². The Kier molecular flexibility index (Phi) is 52.1. The molecule has 0 aromatic carbocycles. The Hall–Kier alpha value is -4.12. The quantitative estimate of drug-likeness (QED) is 0.0197. The summed E-state index contributed by atoms with van der Waals surface area (Å²) in [7, 11) is -4.78. The lowest BCUT2D eigenvalue weighted by Gasteiger charge is -2.21. The van der Waals surface area contributed by atoms with Crippen molar-refractivity contribution in [2.75, 3.05) is 26.4 Å². The van der Waals surface area contributed by atoms with Crippen molar-refractivity contribution in [3.05, 3.63) is 122 Å². The Bertz CT molecular complexity index is 1700. The first-order valence-electron chi connectivity index (χ1n) is 28.4. The molecule has 0 aliphatic heterocycles. The highest BCUT2D eigenvalue weighted by Gasteiger charge is 2.28. The number of hydrogen-bond acceptors (Lipinski definition) is 10. The molecule has 3 unspecified atom stereocenters. The fraction of sp³-hybridized carbons (Fsp3) is 0.629. The van der Waals surface area contributed by atoms with E-state index in [1.54, 1.807) is 0 Å². The molecular formula is C62H101O11P. The van der Waals surface area contributed by atoms with Crippen LogP contribution in [0.25, 0.3) is 0 Å². The van der Waals surface area contributed by atoms with Crippen LogP contribution in [0, 0.1) is 0 Å². The van der Waals surface area contributed by atoms with Crippen LogP contribution in [-0.4, -0.2) is 66.5 Å². The minimum Gasteiger partial charge on any atom is -0.462 e. The lowest BCUT2D eigenvalue weighted by Crippen LogP contribution is -2.30. The Morgan fingerprint density at radius 1 is 0.392 bits per heavy atom. The molecule has 420 valence electrons. The van der Waals surface area contributed by atoms with E-state index in [0.717, 1.165) is 109 Å². The molecule has 0 spiro atoms. The standard InChI is InChI=1S/C62H101O11P/c1-4-7-10-13-16-19-22-25-27-28-29-30-32-35-38-41-44-47-50-53-62(66)73-59(55-69-60(64)51-48-45-42-39-36-34-31-26-23-20-17-14-11-8-5-2)57-71-74(67,68)70-56-58(54-63)72-61(65)52-49-46-43-40-37-33-24-21-18-15-12-9-6-3/h7,9-10,12,16,18-19,21,25-27,29-31,33,35,37-38,44,47,58-59,63H,4-6,8,11,13-15,17,20,22-24,28,32,34,36,39-43,45-46,48-57H2,1-3H3,(H,67,68)/b10-7-,12-9-,19-16-,21-18-,27-25-,30-29-,31-26-,37-33-,38-35-,47-44-. The molecule has 0 radical (unpaired) electrons. The van der Waals surface area contributed by atoms with Crippen LogP contribution >= 0.6 is 7.82 Å². The largest absolute Gasteiger partial charge is 0.472 e. The van der Waals surface area contributed by atoms with Gasteiger partial charge in [0, 0.05) is 19.3 Å². The summed E-state index contributed by atoms with van der Waals surface area (Å²) < 4.78 is 39.4. The minimum absolute atomic E-state index is 0.0326. The molecule has 0 aromatic heterocycles. The van der Waals surface area contributed by atoms with Gasteiger partial charge < -0.3 is 24.2 Å². The second kappa shape index (κ2) is 55.1. The van der Waals surface area contributed by atoms with E-state index in [-0.39, 0.29) is 25.9 Å². The highest BCUT2D eigenvalue weighted by molar-refractivity contribution is 7.47. The molecule has 0 saturated carbocycles. The normalized spacial score (nSPS) is 14.3. The summed E-state index contributed by atoms with van der Waals surface area (Å²) in [6.07, 6.45) is 67.5. The van der Waals surface area contributed by atoms with Gasteiger partial charge in [0.1, 0.15) is 12.7 Å². The molecule has 11 nitrogen and oxygen atoms in total. The molecular weight excluding hydrogens is 952 g/mol. The zero-order chi connectivity index (χ0) is 54.1. The topological polar surface area (TPSA) is 155 Å². The molecule has 0 heterocycles. The predicted octanol–water partition coefficient (Wildman–Crippen LogP) is 16.8. The van der Waals surface area contributed by atoms with Crippen LogP contribution in [-0.2, 0) is 42.2 Å². The van der Waals surface area contributed by atoms with Crippen molar-refractivity contribution >= 4 is 25.7 Å². The van der Waals surface area contributed by atoms with Crippen molar-refractivity contribution in [2.24, 2.45) is 0 Å². The van der Waals surface area contributed by atoms with Crippen molar-refractivity contribution in [1.29, 1.82) is 0 Å². The van der Waals surface area contributed by atoms with Crippen LogP contribution in [0.15, 0.2) is 122 Å². The highest BCUT2D eigenvalue weighted by Crippen LogP contribution is 2.43. The van der Waals surface area contributed by atoms with Gasteiger partial charge in [-0.3, -0.25) is 23.4 Å². The molecule has 0 aliphatic carbocycles. The molecule has 12 heteroatoms. The fourth-order valence-electron chi connectivity index (χ4n) is 7.10. The van der Waals surface area contributed by atoms with E-state index >= 15 is 0 Å². The van der Waals surface area contributed by atoms with E-state index in [4.69, 9.17) is 23.3 Å². The molecule has 0 rings (SSSR count). The van der Waals surface area contributed by atoms with Gasteiger partial charge in [0.2, 0.25) is 0 Å². The number of esters is 3. The second-order valence-electron chi connectivity index (χ2n) is 18.3. The molecule has 0 saturated heterocycles. The van der Waals surface area contributed by atoms with Gasteiger partial charge in [-0.05, 0) is 116 Å². The summed E-state index contributed by atoms with van der Waals surface area (Å²) >= 11 is 0. The molecule has 3 atom stereocenters. The maximum atomic E-state index is 12.9. The summed E-state index contributed by atoms with van der Waals surface area (Å²) in [6.45, 7) is 4.26. The first-order chi connectivity index (χ1) is 36.2. The number of rotatable bonds is 51. The molecule has 0 aliphatic rings. The summed E-state index contributed by atoms with van der Waals surface area (Å²) in [6, 6.07) is 0. The lowest BCUT2D eigenvalue weighted by atomic mass is 10.1. The SMILES string of the molecule is CC/C=C\C/C=C\C/C=C\C/C=C\C/C=C\C/C=C\CCC(=O)OC(COC(=O)CCCCCCC/C=C\CCCCCCCC)COP(=O)(O)OCC(CO)OC(=O)CCCCC/C=C\C/C=C\C/C=C\CC. The van der Waals surface area contributed by atoms with Gasteiger partial charge in [-0.25, -0.2) is 4.57 Å². The fourth-order valence-corrected chi connectivity index (χ4v) is 7.88. The summed E-state index contributed by atoms with van der Waals surface area (Å²) in [5.74, 6) is -1.62. The summed E-state index contributed by atoms with van der Waals surface area (Å²) in [5.41, 5.74) is 0. The number of carbonyl (C=O) groups is 3. The zero-order valence-corrected chi connectivity index (χ0v) is 47.2. The van der Waals surface area contributed by atoms with Gasteiger partial charge in [-0.1, -0.05) is 200 Å².